The molecule has 176 valence electrons. The minimum atomic E-state index is -0.325. The van der Waals surface area contributed by atoms with Gasteiger partial charge in [-0.25, -0.2) is 4.68 Å². The maximum atomic E-state index is 12.9. The quantitative estimate of drug-likeness (QED) is 0.374. The van der Waals surface area contributed by atoms with Crippen molar-refractivity contribution in [3.05, 3.63) is 94.5 Å². The van der Waals surface area contributed by atoms with Crippen LogP contribution in [-0.4, -0.2) is 45.7 Å². The van der Waals surface area contributed by atoms with Crippen LogP contribution in [0.5, 0.6) is 0 Å². The molecule has 0 fully saturated rings. The van der Waals surface area contributed by atoms with Crippen molar-refractivity contribution in [2.45, 2.75) is 27.1 Å². The number of hydrogen-bond acceptors (Lipinski definition) is 6. The van der Waals surface area contributed by atoms with Gasteiger partial charge in [0.2, 0.25) is 5.82 Å². The molecule has 0 saturated carbocycles. The molecule has 0 aliphatic carbocycles. The summed E-state index contributed by atoms with van der Waals surface area (Å²) in [6.07, 6.45) is 1.70. The molecule has 2 aromatic carbocycles. The van der Waals surface area contributed by atoms with E-state index in [0.717, 1.165) is 22.5 Å². The Balaban J connectivity index is 1.26. The molecule has 3 aromatic heterocycles. The Labute approximate surface area is 206 Å². The van der Waals surface area contributed by atoms with Gasteiger partial charge >= 0.3 is 0 Å². The van der Waals surface area contributed by atoms with Gasteiger partial charge in [0.15, 0.2) is 12.4 Å². The summed E-state index contributed by atoms with van der Waals surface area (Å²) in [6, 6.07) is 18.9. The lowest BCUT2D eigenvalue weighted by Gasteiger charge is -2.07. The van der Waals surface area contributed by atoms with Crippen molar-refractivity contribution in [2.24, 2.45) is 0 Å². The van der Waals surface area contributed by atoms with Crippen molar-refractivity contribution in [1.82, 2.24) is 39.8 Å². The van der Waals surface area contributed by atoms with Crippen LogP contribution in [0, 0.1) is 13.8 Å². The van der Waals surface area contributed by atoms with E-state index >= 15 is 0 Å². The number of aromatic nitrogens is 8. The minimum absolute atomic E-state index is 0.225. The fourth-order valence-corrected chi connectivity index (χ4v) is 3.93. The van der Waals surface area contributed by atoms with Gasteiger partial charge in [-0.1, -0.05) is 54.1 Å². The number of halogens is 1. The Hall–Kier alpha value is -4.31. The third-order valence-corrected chi connectivity index (χ3v) is 5.71. The maximum absolute atomic E-state index is 12.9. The number of nitrogens with zero attached hydrogens (tertiary/aromatic N) is 8. The standard InChI is InChI=1S/C24H22ClN9O/c1-16-22(17(2)33(28-16)14-18-7-6-10-20(25)13-18)26-24(35)21-11-12-32(29-21)15-34-30-23(27-31-34)19-8-4-3-5-9-19/h3-13H,14-15H2,1-2H3,(H,26,35). The molecule has 0 aliphatic rings. The second kappa shape index (κ2) is 9.51. The molecule has 0 unspecified atom stereocenters. The van der Waals surface area contributed by atoms with Gasteiger partial charge in [-0.3, -0.25) is 9.48 Å². The zero-order chi connectivity index (χ0) is 24.4. The largest absolute Gasteiger partial charge is 0.317 e. The van der Waals surface area contributed by atoms with E-state index in [1.807, 2.05) is 73.1 Å². The number of amides is 1. The molecule has 10 nitrogen and oxygen atoms in total. The van der Waals surface area contributed by atoms with Crippen molar-refractivity contribution >= 4 is 23.2 Å². The van der Waals surface area contributed by atoms with Crippen LogP contribution in [-0.2, 0) is 13.2 Å². The van der Waals surface area contributed by atoms with Crippen LogP contribution >= 0.6 is 11.6 Å². The Morgan fingerprint density at radius 2 is 1.83 bits per heavy atom. The van der Waals surface area contributed by atoms with Crippen LogP contribution in [0.1, 0.15) is 27.4 Å². The monoisotopic (exact) mass is 487 g/mol. The van der Waals surface area contributed by atoms with Gasteiger partial charge in [0.05, 0.1) is 23.6 Å². The number of hydrogen-bond donors (Lipinski definition) is 1. The lowest BCUT2D eigenvalue weighted by molar-refractivity contribution is 0.102. The number of aryl methyl sites for hydroxylation is 1. The van der Waals surface area contributed by atoms with Crippen LogP contribution in [0.2, 0.25) is 5.02 Å². The summed E-state index contributed by atoms with van der Waals surface area (Å²) in [5.74, 6) is 0.199. The molecular formula is C24H22ClN9O. The predicted octanol–water partition coefficient (Wildman–Crippen LogP) is 3.81. The molecule has 3 heterocycles. The average Bonchev–Trinajstić information content (AvgIpc) is 3.57. The number of carbonyl (C=O) groups excluding carboxylic acids is 1. The number of rotatable bonds is 7. The summed E-state index contributed by atoms with van der Waals surface area (Å²) in [5, 5.41) is 25.1. The van der Waals surface area contributed by atoms with Crippen LogP contribution in [0.15, 0.2) is 66.9 Å². The molecular weight excluding hydrogens is 466 g/mol. The van der Waals surface area contributed by atoms with E-state index in [1.54, 1.807) is 16.9 Å². The smallest absolute Gasteiger partial charge is 0.276 e. The number of tetrazole rings is 1. The van der Waals surface area contributed by atoms with Crippen molar-refractivity contribution in [3.8, 4) is 11.4 Å². The lowest BCUT2D eigenvalue weighted by Crippen LogP contribution is -2.16. The second-order valence-corrected chi connectivity index (χ2v) is 8.46. The highest BCUT2D eigenvalue weighted by molar-refractivity contribution is 6.30. The molecule has 0 atom stereocenters. The van der Waals surface area contributed by atoms with Crippen molar-refractivity contribution in [2.75, 3.05) is 5.32 Å². The van der Waals surface area contributed by atoms with Gasteiger partial charge in [-0.2, -0.15) is 10.2 Å². The van der Waals surface area contributed by atoms with Crippen LogP contribution < -0.4 is 5.32 Å². The van der Waals surface area contributed by atoms with Gasteiger partial charge in [0.25, 0.3) is 5.91 Å². The Kier molecular flexibility index (Phi) is 6.11. The Bertz CT molecular complexity index is 1490. The van der Waals surface area contributed by atoms with E-state index in [1.165, 1.54) is 4.80 Å². The van der Waals surface area contributed by atoms with E-state index in [0.29, 0.717) is 23.1 Å². The molecule has 5 rings (SSSR count). The molecule has 0 spiro atoms. The lowest BCUT2D eigenvalue weighted by atomic mass is 10.2. The first-order valence-electron chi connectivity index (χ1n) is 10.9. The molecule has 1 N–H and O–H groups in total. The van der Waals surface area contributed by atoms with Crippen molar-refractivity contribution < 1.29 is 4.79 Å². The first-order chi connectivity index (χ1) is 17.0. The van der Waals surface area contributed by atoms with Crippen LogP contribution in [0.3, 0.4) is 0 Å². The van der Waals surface area contributed by atoms with E-state index in [-0.39, 0.29) is 18.3 Å². The highest BCUT2D eigenvalue weighted by Crippen LogP contribution is 2.22. The highest BCUT2D eigenvalue weighted by atomic mass is 35.5. The summed E-state index contributed by atoms with van der Waals surface area (Å²) in [4.78, 5) is 14.3. The summed E-state index contributed by atoms with van der Waals surface area (Å²) in [5.41, 5.74) is 4.40. The van der Waals surface area contributed by atoms with Crippen LogP contribution in [0.4, 0.5) is 5.69 Å². The number of anilines is 1. The predicted molar refractivity (Wildman–Crippen MR) is 131 cm³/mol. The second-order valence-electron chi connectivity index (χ2n) is 8.02. The fraction of sp³-hybridized carbons (Fsp3) is 0.167. The molecule has 1 amide bonds. The van der Waals surface area contributed by atoms with E-state index in [9.17, 15) is 4.79 Å². The van der Waals surface area contributed by atoms with Crippen molar-refractivity contribution in [3.63, 3.8) is 0 Å². The maximum Gasteiger partial charge on any atom is 0.276 e. The summed E-state index contributed by atoms with van der Waals surface area (Å²) in [6.45, 7) is 4.55. The fourth-order valence-electron chi connectivity index (χ4n) is 3.71. The highest BCUT2D eigenvalue weighted by Gasteiger charge is 2.17. The number of carbonyl (C=O) groups is 1. The normalized spacial score (nSPS) is 11.1. The van der Waals surface area contributed by atoms with Gasteiger partial charge in [0, 0.05) is 16.8 Å². The Morgan fingerprint density at radius 3 is 2.63 bits per heavy atom. The molecule has 35 heavy (non-hydrogen) atoms. The zero-order valence-electron chi connectivity index (χ0n) is 19.1. The first-order valence-corrected chi connectivity index (χ1v) is 11.3. The molecule has 11 heteroatoms. The van der Waals surface area contributed by atoms with E-state index in [2.05, 4.69) is 30.9 Å². The third-order valence-electron chi connectivity index (χ3n) is 5.47. The summed E-state index contributed by atoms with van der Waals surface area (Å²) >= 11 is 6.10. The summed E-state index contributed by atoms with van der Waals surface area (Å²) in [7, 11) is 0. The van der Waals surface area contributed by atoms with Gasteiger partial charge in [0.1, 0.15) is 0 Å². The van der Waals surface area contributed by atoms with E-state index in [4.69, 9.17) is 11.6 Å². The molecule has 0 bridgehead atoms. The zero-order valence-corrected chi connectivity index (χ0v) is 19.9. The molecule has 0 saturated heterocycles. The topological polar surface area (TPSA) is 108 Å². The van der Waals surface area contributed by atoms with Gasteiger partial charge < -0.3 is 5.32 Å². The number of benzene rings is 2. The van der Waals surface area contributed by atoms with E-state index < -0.39 is 0 Å². The van der Waals surface area contributed by atoms with Gasteiger partial charge in [-0.05, 0) is 42.8 Å². The minimum Gasteiger partial charge on any atom is -0.317 e. The summed E-state index contributed by atoms with van der Waals surface area (Å²) < 4.78 is 3.42. The SMILES string of the molecule is Cc1nn(Cc2cccc(Cl)c2)c(C)c1NC(=O)c1ccn(Cn2nnc(-c3ccccc3)n2)n1. The Morgan fingerprint density at radius 1 is 1.00 bits per heavy atom. The molecule has 0 aliphatic heterocycles. The first kappa shape index (κ1) is 22.5. The van der Waals surface area contributed by atoms with Gasteiger partial charge in [-0.15, -0.1) is 15.0 Å². The van der Waals surface area contributed by atoms with Crippen LogP contribution in [0.25, 0.3) is 11.4 Å². The average molecular weight is 488 g/mol. The third kappa shape index (κ3) is 4.97. The molecule has 0 radical (unpaired) electrons. The number of nitrogens with one attached hydrogen (secondary N) is 1. The van der Waals surface area contributed by atoms with Crippen molar-refractivity contribution in [1.29, 1.82) is 0 Å². The molecule has 5 aromatic rings.